The molecule has 1 unspecified atom stereocenters. The standard InChI is InChI=1S/C15H19F4N/c1-2-14(10-3-5-20-6-4-10)11-7-12(15(17,18)19)9-13(16)8-11/h7-10,14,20H,2-6H2,1H3. The first kappa shape index (κ1) is 15.3. The topological polar surface area (TPSA) is 12.0 Å². The quantitative estimate of drug-likeness (QED) is 0.816. The number of benzene rings is 1. The first-order valence-electron chi connectivity index (χ1n) is 7.00. The molecule has 112 valence electrons. The van der Waals surface area contributed by atoms with E-state index in [-0.39, 0.29) is 5.92 Å². The molecule has 0 saturated carbocycles. The van der Waals surface area contributed by atoms with Crippen molar-refractivity contribution in [1.82, 2.24) is 5.32 Å². The maximum atomic E-state index is 13.5. The van der Waals surface area contributed by atoms with E-state index in [1.54, 1.807) is 0 Å². The number of hydrogen-bond acceptors (Lipinski definition) is 1. The molecule has 0 amide bonds. The maximum Gasteiger partial charge on any atom is 0.416 e. The summed E-state index contributed by atoms with van der Waals surface area (Å²) < 4.78 is 51.9. The predicted molar refractivity (Wildman–Crippen MR) is 70.0 cm³/mol. The summed E-state index contributed by atoms with van der Waals surface area (Å²) in [6.07, 6.45) is -1.92. The van der Waals surface area contributed by atoms with Crippen molar-refractivity contribution >= 4 is 0 Å². The third-order valence-corrected chi connectivity index (χ3v) is 4.07. The van der Waals surface area contributed by atoms with E-state index in [1.165, 1.54) is 6.07 Å². The zero-order valence-electron chi connectivity index (χ0n) is 11.4. The minimum atomic E-state index is -4.50. The molecule has 1 fully saturated rings. The zero-order valence-corrected chi connectivity index (χ0v) is 11.4. The number of piperidine rings is 1. The van der Waals surface area contributed by atoms with E-state index in [2.05, 4.69) is 5.32 Å². The van der Waals surface area contributed by atoms with E-state index in [0.717, 1.165) is 38.4 Å². The fourth-order valence-corrected chi connectivity index (χ4v) is 3.08. The number of alkyl halides is 3. The molecule has 1 saturated heterocycles. The van der Waals surface area contributed by atoms with Gasteiger partial charge in [-0.2, -0.15) is 13.2 Å². The van der Waals surface area contributed by atoms with Crippen LogP contribution in [-0.2, 0) is 6.18 Å². The zero-order chi connectivity index (χ0) is 14.8. The van der Waals surface area contributed by atoms with Gasteiger partial charge in [0.25, 0.3) is 0 Å². The van der Waals surface area contributed by atoms with Crippen LogP contribution in [0.5, 0.6) is 0 Å². The minimum absolute atomic E-state index is 0.00565. The highest BCUT2D eigenvalue weighted by Crippen LogP contribution is 2.37. The molecule has 1 aromatic carbocycles. The Hall–Kier alpha value is -1.10. The summed E-state index contributed by atoms with van der Waals surface area (Å²) in [7, 11) is 0. The molecule has 0 spiro atoms. The Balaban J connectivity index is 2.31. The van der Waals surface area contributed by atoms with Crippen molar-refractivity contribution in [3.8, 4) is 0 Å². The Kier molecular flexibility index (Phi) is 4.68. The lowest BCUT2D eigenvalue weighted by molar-refractivity contribution is -0.137. The van der Waals surface area contributed by atoms with Crippen LogP contribution in [0.3, 0.4) is 0 Å². The highest BCUT2D eigenvalue weighted by Gasteiger charge is 2.33. The normalized spacial score (nSPS) is 19.1. The van der Waals surface area contributed by atoms with Gasteiger partial charge in [-0.15, -0.1) is 0 Å². The summed E-state index contributed by atoms with van der Waals surface area (Å²) in [4.78, 5) is 0. The molecule has 1 aliphatic rings. The first-order chi connectivity index (χ1) is 9.41. The van der Waals surface area contributed by atoms with Crippen LogP contribution in [0.2, 0.25) is 0 Å². The Morgan fingerprint density at radius 2 is 1.85 bits per heavy atom. The molecule has 5 heteroatoms. The summed E-state index contributed by atoms with van der Waals surface area (Å²) in [5.74, 6) is -0.486. The Bertz CT molecular complexity index is 450. The maximum absolute atomic E-state index is 13.5. The molecular weight excluding hydrogens is 270 g/mol. The van der Waals surface area contributed by atoms with E-state index in [0.29, 0.717) is 17.5 Å². The molecule has 2 rings (SSSR count). The van der Waals surface area contributed by atoms with Crippen LogP contribution in [0.1, 0.15) is 43.2 Å². The van der Waals surface area contributed by atoms with Crippen LogP contribution in [0.25, 0.3) is 0 Å². The van der Waals surface area contributed by atoms with Crippen LogP contribution < -0.4 is 5.32 Å². The van der Waals surface area contributed by atoms with Gasteiger partial charge < -0.3 is 5.32 Å². The van der Waals surface area contributed by atoms with Crippen molar-refractivity contribution in [2.45, 2.75) is 38.3 Å². The number of halogens is 4. The van der Waals surface area contributed by atoms with Crippen molar-refractivity contribution in [3.63, 3.8) is 0 Å². The number of rotatable bonds is 3. The van der Waals surface area contributed by atoms with Gasteiger partial charge in [-0.1, -0.05) is 6.92 Å². The molecule has 1 atom stereocenters. The number of hydrogen-bond donors (Lipinski definition) is 1. The Labute approximate surface area is 116 Å². The molecule has 20 heavy (non-hydrogen) atoms. The third-order valence-electron chi connectivity index (χ3n) is 4.07. The van der Waals surface area contributed by atoms with E-state index < -0.39 is 17.6 Å². The molecule has 0 radical (unpaired) electrons. The lowest BCUT2D eigenvalue weighted by atomic mass is 9.78. The van der Waals surface area contributed by atoms with E-state index in [9.17, 15) is 17.6 Å². The van der Waals surface area contributed by atoms with Gasteiger partial charge in [0, 0.05) is 0 Å². The van der Waals surface area contributed by atoms with Crippen LogP contribution in [0.15, 0.2) is 18.2 Å². The van der Waals surface area contributed by atoms with Gasteiger partial charge in [-0.3, -0.25) is 0 Å². The molecule has 1 heterocycles. The Morgan fingerprint density at radius 1 is 1.20 bits per heavy atom. The van der Waals surface area contributed by atoms with Gasteiger partial charge in [0.05, 0.1) is 5.56 Å². The van der Waals surface area contributed by atoms with Crippen molar-refractivity contribution in [2.75, 3.05) is 13.1 Å². The summed E-state index contributed by atoms with van der Waals surface area (Å²) in [6.45, 7) is 3.70. The van der Waals surface area contributed by atoms with Crippen molar-refractivity contribution in [2.24, 2.45) is 5.92 Å². The summed E-state index contributed by atoms with van der Waals surface area (Å²) in [5.41, 5.74) is -0.411. The highest BCUT2D eigenvalue weighted by molar-refractivity contribution is 5.30. The SMILES string of the molecule is CCC(c1cc(F)cc(C(F)(F)F)c1)C1CCNCC1. The molecule has 0 aliphatic carbocycles. The summed E-state index contributed by atoms with van der Waals surface area (Å²) in [6, 6.07) is 2.93. The van der Waals surface area contributed by atoms with Gasteiger partial charge in [-0.25, -0.2) is 4.39 Å². The lowest BCUT2D eigenvalue weighted by Gasteiger charge is -2.30. The lowest BCUT2D eigenvalue weighted by Crippen LogP contribution is -2.30. The fraction of sp³-hybridized carbons (Fsp3) is 0.600. The van der Waals surface area contributed by atoms with Crippen molar-refractivity contribution in [3.05, 3.63) is 35.1 Å². The molecular formula is C15H19F4N. The predicted octanol–water partition coefficient (Wildman–Crippen LogP) is 4.34. The van der Waals surface area contributed by atoms with Crippen LogP contribution in [0, 0.1) is 11.7 Å². The van der Waals surface area contributed by atoms with Crippen LogP contribution in [-0.4, -0.2) is 13.1 Å². The highest BCUT2D eigenvalue weighted by atomic mass is 19.4. The van der Waals surface area contributed by atoms with E-state index in [1.807, 2.05) is 6.92 Å². The second kappa shape index (κ2) is 6.12. The second-order valence-corrected chi connectivity index (χ2v) is 5.37. The molecule has 1 N–H and O–H groups in total. The Morgan fingerprint density at radius 3 is 2.40 bits per heavy atom. The average molecular weight is 289 g/mol. The molecule has 1 aromatic rings. The summed E-state index contributed by atoms with van der Waals surface area (Å²) in [5, 5.41) is 3.24. The first-order valence-corrected chi connectivity index (χ1v) is 7.00. The molecule has 1 aliphatic heterocycles. The minimum Gasteiger partial charge on any atom is -0.317 e. The van der Waals surface area contributed by atoms with Gasteiger partial charge in [0.2, 0.25) is 0 Å². The van der Waals surface area contributed by atoms with Crippen molar-refractivity contribution < 1.29 is 17.6 Å². The van der Waals surface area contributed by atoms with Gasteiger partial charge in [0.15, 0.2) is 0 Å². The van der Waals surface area contributed by atoms with Gasteiger partial charge in [-0.05, 0) is 68.0 Å². The molecule has 1 nitrogen and oxygen atoms in total. The molecule has 0 aromatic heterocycles. The van der Waals surface area contributed by atoms with Crippen LogP contribution in [0.4, 0.5) is 17.6 Å². The van der Waals surface area contributed by atoms with E-state index in [4.69, 9.17) is 0 Å². The second-order valence-electron chi connectivity index (χ2n) is 5.37. The van der Waals surface area contributed by atoms with Gasteiger partial charge in [0.1, 0.15) is 5.82 Å². The monoisotopic (exact) mass is 289 g/mol. The van der Waals surface area contributed by atoms with Gasteiger partial charge >= 0.3 is 6.18 Å². The summed E-state index contributed by atoms with van der Waals surface area (Å²) >= 11 is 0. The largest absolute Gasteiger partial charge is 0.416 e. The van der Waals surface area contributed by atoms with Crippen molar-refractivity contribution in [1.29, 1.82) is 0 Å². The fourth-order valence-electron chi connectivity index (χ4n) is 3.08. The number of nitrogens with one attached hydrogen (secondary N) is 1. The average Bonchev–Trinajstić information content (AvgIpc) is 2.39. The molecule has 0 bridgehead atoms. The van der Waals surface area contributed by atoms with E-state index >= 15 is 0 Å². The smallest absolute Gasteiger partial charge is 0.317 e. The van der Waals surface area contributed by atoms with Crippen LogP contribution >= 0.6 is 0 Å². The third kappa shape index (κ3) is 3.51.